The molecule has 1 saturated carbocycles. The second-order valence-corrected chi connectivity index (χ2v) is 7.41. The number of carboxylic acids is 1. The third kappa shape index (κ3) is 3.01. The normalized spacial score (nSPS) is 26.2. The topological polar surface area (TPSA) is 91.8 Å². The van der Waals surface area contributed by atoms with Crippen LogP contribution in [-0.4, -0.2) is 54.9 Å². The van der Waals surface area contributed by atoms with Crippen molar-refractivity contribution in [2.75, 3.05) is 13.3 Å². The van der Waals surface area contributed by atoms with Crippen molar-refractivity contribution in [3.63, 3.8) is 0 Å². The van der Waals surface area contributed by atoms with Crippen LogP contribution in [0.1, 0.15) is 20.3 Å². The molecule has 1 aliphatic rings. The summed E-state index contributed by atoms with van der Waals surface area (Å²) in [4.78, 5) is 24.0. The highest BCUT2D eigenvalue weighted by Gasteiger charge is 2.50. The summed E-state index contributed by atoms with van der Waals surface area (Å²) in [6.07, 6.45) is 1.47. The fourth-order valence-corrected chi connectivity index (χ4v) is 2.77. The fourth-order valence-electron chi connectivity index (χ4n) is 1.88. The van der Waals surface area contributed by atoms with Gasteiger partial charge in [-0.2, -0.15) is 0 Å². The van der Waals surface area contributed by atoms with Gasteiger partial charge in [0.25, 0.3) is 0 Å². The molecule has 7 heteroatoms. The van der Waals surface area contributed by atoms with Crippen LogP contribution in [0, 0.1) is 11.8 Å². The Labute approximate surface area is 107 Å². The molecule has 0 aliphatic heterocycles. The highest BCUT2D eigenvalue weighted by atomic mass is 32.2. The van der Waals surface area contributed by atoms with E-state index in [2.05, 4.69) is 0 Å². The Balaban J connectivity index is 2.68. The lowest BCUT2D eigenvalue weighted by molar-refractivity contribution is -0.142. The van der Waals surface area contributed by atoms with Gasteiger partial charge in [-0.15, -0.1) is 0 Å². The maximum atomic E-state index is 12.0. The van der Waals surface area contributed by atoms with Gasteiger partial charge in [0.1, 0.15) is 0 Å². The molecule has 0 bridgehead atoms. The molecule has 0 spiro atoms. The molecule has 6 nitrogen and oxygen atoms in total. The Morgan fingerprint density at radius 3 is 2.11 bits per heavy atom. The van der Waals surface area contributed by atoms with Gasteiger partial charge in [-0.25, -0.2) is 8.42 Å². The molecule has 104 valence electrons. The second-order valence-electron chi connectivity index (χ2n) is 5.01. The summed E-state index contributed by atoms with van der Waals surface area (Å²) in [5.74, 6) is -2.36. The molecular weight excluding hydrogens is 258 g/mol. The molecule has 1 fully saturated rings. The van der Waals surface area contributed by atoms with Gasteiger partial charge < -0.3 is 10.0 Å². The first-order valence-electron chi connectivity index (χ1n) is 5.75. The Bertz CT molecular complexity index is 458. The summed E-state index contributed by atoms with van der Waals surface area (Å²) in [5, 5.41) is 8.09. The van der Waals surface area contributed by atoms with Crippen LogP contribution in [0.4, 0.5) is 0 Å². The van der Waals surface area contributed by atoms with E-state index < -0.39 is 38.9 Å². The Morgan fingerprint density at radius 1 is 1.28 bits per heavy atom. The van der Waals surface area contributed by atoms with E-state index in [0.717, 1.165) is 6.26 Å². The number of carbonyl (C=O) groups is 2. The zero-order valence-corrected chi connectivity index (χ0v) is 11.8. The van der Waals surface area contributed by atoms with E-state index in [-0.39, 0.29) is 5.91 Å². The van der Waals surface area contributed by atoms with Crippen LogP contribution >= 0.6 is 0 Å². The SMILES string of the molecule is CC(C(C)S(C)(=O)=O)N(C)C(=O)C1CC1C(=O)O. The predicted molar refractivity (Wildman–Crippen MR) is 65.8 cm³/mol. The van der Waals surface area contributed by atoms with Crippen LogP contribution in [0.2, 0.25) is 0 Å². The number of carbonyl (C=O) groups excluding carboxylic acids is 1. The summed E-state index contributed by atoms with van der Waals surface area (Å²) in [6, 6.07) is -0.470. The Hall–Kier alpha value is -1.11. The van der Waals surface area contributed by atoms with Gasteiger partial charge in [0.15, 0.2) is 9.84 Å². The molecule has 0 aromatic heterocycles. The number of hydrogen-bond donors (Lipinski definition) is 1. The minimum atomic E-state index is -3.23. The lowest BCUT2D eigenvalue weighted by Crippen LogP contribution is -2.45. The monoisotopic (exact) mass is 277 g/mol. The zero-order valence-electron chi connectivity index (χ0n) is 11.0. The largest absolute Gasteiger partial charge is 0.481 e. The maximum absolute atomic E-state index is 12.0. The summed E-state index contributed by atoms with van der Waals surface area (Å²) in [5.41, 5.74) is 0. The number of sulfone groups is 1. The van der Waals surface area contributed by atoms with E-state index in [0.29, 0.717) is 6.42 Å². The molecular formula is C11H19NO5S. The van der Waals surface area contributed by atoms with E-state index in [1.54, 1.807) is 13.8 Å². The van der Waals surface area contributed by atoms with E-state index in [1.807, 2.05) is 0 Å². The number of carboxylic acid groups (broad SMARTS) is 1. The third-order valence-electron chi connectivity index (χ3n) is 3.74. The van der Waals surface area contributed by atoms with Crippen LogP contribution < -0.4 is 0 Å². The number of rotatable bonds is 5. The number of aliphatic carboxylic acids is 1. The van der Waals surface area contributed by atoms with Gasteiger partial charge in [0.2, 0.25) is 5.91 Å². The van der Waals surface area contributed by atoms with Crippen LogP contribution in [0.5, 0.6) is 0 Å². The van der Waals surface area contributed by atoms with Crippen molar-refractivity contribution >= 4 is 21.7 Å². The standard InChI is InChI=1S/C11H19NO5S/c1-6(7(2)18(4,16)17)12(3)10(13)8-5-9(8)11(14)15/h6-9H,5H2,1-4H3,(H,14,15). The molecule has 4 unspecified atom stereocenters. The second kappa shape index (κ2) is 4.87. The molecule has 1 N–H and O–H groups in total. The summed E-state index contributed by atoms with van der Waals surface area (Å²) in [6.45, 7) is 3.20. The van der Waals surface area contributed by atoms with Crippen molar-refractivity contribution in [2.45, 2.75) is 31.6 Å². The van der Waals surface area contributed by atoms with E-state index in [9.17, 15) is 18.0 Å². The maximum Gasteiger partial charge on any atom is 0.307 e. The molecule has 1 amide bonds. The van der Waals surface area contributed by atoms with Crippen LogP contribution in [0.3, 0.4) is 0 Å². The molecule has 0 aromatic rings. The number of amides is 1. The Morgan fingerprint density at radius 2 is 1.78 bits per heavy atom. The van der Waals surface area contributed by atoms with Gasteiger partial charge >= 0.3 is 5.97 Å². The van der Waals surface area contributed by atoms with Gasteiger partial charge in [-0.1, -0.05) is 0 Å². The summed E-state index contributed by atoms with van der Waals surface area (Å²) < 4.78 is 22.9. The van der Waals surface area contributed by atoms with Gasteiger partial charge in [-0.3, -0.25) is 9.59 Å². The van der Waals surface area contributed by atoms with Crippen molar-refractivity contribution in [1.29, 1.82) is 0 Å². The molecule has 1 rings (SSSR count). The van der Waals surface area contributed by atoms with Gasteiger partial charge in [0.05, 0.1) is 17.1 Å². The first kappa shape index (κ1) is 14.9. The summed E-state index contributed by atoms with van der Waals surface area (Å²) in [7, 11) is -1.71. The molecule has 18 heavy (non-hydrogen) atoms. The number of hydrogen-bond acceptors (Lipinski definition) is 4. The lowest BCUT2D eigenvalue weighted by atomic mass is 10.2. The molecule has 4 atom stereocenters. The van der Waals surface area contributed by atoms with Crippen molar-refractivity contribution in [3.05, 3.63) is 0 Å². The molecule has 0 saturated heterocycles. The van der Waals surface area contributed by atoms with Crippen molar-refractivity contribution in [1.82, 2.24) is 4.90 Å². The first-order valence-corrected chi connectivity index (χ1v) is 7.71. The van der Waals surface area contributed by atoms with Crippen LogP contribution in [0.15, 0.2) is 0 Å². The van der Waals surface area contributed by atoms with Crippen molar-refractivity contribution in [3.8, 4) is 0 Å². The highest BCUT2D eigenvalue weighted by molar-refractivity contribution is 7.91. The van der Waals surface area contributed by atoms with Crippen LogP contribution in [0.25, 0.3) is 0 Å². The average Bonchev–Trinajstić information content (AvgIpc) is 3.03. The lowest BCUT2D eigenvalue weighted by Gasteiger charge is -2.29. The van der Waals surface area contributed by atoms with E-state index >= 15 is 0 Å². The fraction of sp³-hybridized carbons (Fsp3) is 0.818. The number of nitrogens with zero attached hydrogens (tertiary/aromatic N) is 1. The molecule has 1 aliphatic carbocycles. The molecule has 0 heterocycles. The molecule has 0 aromatic carbocycles. The van der Waals surface area contributed by atoms with Crippen molar-refractivity contribution < 1.29 is 23.1 Å². The minimum absolute atomic E-state index is 0.287. The summed E-state index contributed by atoms with van der Waals surface area (Å²) >= 11 is 0. The average molecular weight is 277 g/mol. The Kier molecular flexibility index (Phi) is 4.05. The van der Waals surface area contributed by atoms with Gasteiger partial charge in [-0.05, 0) is 20.3 Å². The van der Waals surface area contributed by atoms with Gasteiger partial charge in [0, 0.05) is 19.3 Å². The zero-order chi connectivity index (χ0) is 14.2. The quantitative estimate of drug-likeness (QED) is 0.763. The van der Waals surface area contributed by atoms with Crippen molar-refractivity contribution in [2.24, 2.45) is 11.8 Å². The smallest absolute Gasteiger partial charge is 0.307 e. The first-order chi connectivity index (χ1) is 8.07. The highest BCUT2D eigenvalue weighted by Crippen LogP contribution is 2.40. The van der Waals surface area contributed by atoms with E-state index in [4.69, 9.17) is 5.11 Å². The van der Waals surface area contributed by atoms with E-state index in [1.165, 1.54) is 11.9 Å². The molecule has 0 radical (unpaired) electrons. The predicted octanol–water partition coefficient (Wildman–Crippen LogP) is -0.0129. The third-order valence-corrected chi connectivity index (χ3v) is 5.48. The van der Waals surface area contributed by atoms with Crippen LogP contribution in [-0.2, 0) is 19.4 Å². The minimum Gasteiger partial charge on any atom is -0.481 e.